The predicted molar refractivity (Wildman–Crippen MR) is 163 cm³/mol. The first kappa shape index (κ1) is 27.7. The molecule has 4 aromatic rings. The van der Waals surface area contributed by atoms with Crippen LogP contribution in [0, 0.1) is 0 Å². The highest BCUT2D eigenvalue weighted by Crippen LogP contribution is 2.34. The zero-order valence-corrected chi connectivity index (χ0v) is 23.3. The van der Waals surface area contributed by atoms with Gasteiger partial charge < -0.3 is 10.6 Å². The quantitative estimate of drug-likeness (QED) is 0.197. The van der Waals surface area contributed by atoms with Crippen LogP contribution in [0.25, 0.3) is 0 Å². The molecule has 4 nitrogen and oxygen atoms in total. The highest BCUT2D eigenvalue weighted by molar-refractivity contribution is 7.73. The van der Waals surface area contributed by atoms with Crippen molar-refractivity contribution in [2.24, 2.45) is 0 Å². The maximum atomic E-state index is 12.6. The second-order valence-electron chi connectivity index (χ2n) is 8.85. The Labute approximate surface area is 228 Å². The molecule has 4 aromatic carbocycles. The molecule has 0 fully saturated rings. The third-order valence-electron chi connectivity index (χ3n) is 6.17. The minimum absolute atomic E-state index is 0.0234. The largest absolute Gasteiger partial charge is 0.354 e. The topological polar surface area (TPSA) is 58.2 Å². The molecule has 4 rings (SSSR count). The van der Waals surface area contributed by atoms with Crippen LogP contribution in [-0.2, 0) is 9.59 Å². The van der Waals surface area contributed by atoms with E-state index < -0.39 is 15.8 Å². The first-order valence-corrected chi connectivity index (χ1v) is 16.0. The van der Waals surface area contributed by atoms with Crippen LogP contribution < -0.4 is 31.9 Å². The van der Waals surface area contributed by atoms with Crippen molar-refractivity contribution in [1.29, 1.82) is 0 Å². The van der Waals surface area contributed by atoms with E-state index in [9.17, 15) is 9.59 Å². The molecule has 0 radical (unpaired) electrons. The van der Waals surface area contributed by atoms with Gasteiger partial charge in [0.15, 0.2) is 0 Å². The molecular weight excluding hydrogens is 506 g/mol. The molecule has 2 N–H and O–H groups in total. The smallest absolute Gasteiger partial charge is 0.220 e. The molecule has 38 heavy (non-hydrogen) atoms. The highest BCUT2D eigenvalue weighted by atomic mass is 31.1. The summed E-state index contributed by atoms with van der Waals surface area (Å²) in [5, 5.41) is 11.1. The number of nitrogens with one attached hydrogen (secondary N) is 2. The van der Waals surface area contributed by atoms with Crippen LogP contribution in [0.3, 0.4) is 0 Å². The molecule has 0 spiro atoms. The van der Waals surface area contributed by atoms with Crippen molar-refractivity contribution in [2.75, 3.05) is 25.4 Å². The molecule has 0 aromatic heterocycles. The van der Waals surface area contributed by atoms with Gasteiger partial charge in [0.2, 0.25) is 11.8 Å². The molecule has 0 saturated carbocycles. The van der Waals surface area contributed by atoms with E-state index in [2.05, 4.69) is 108 Å². The Balaban J connectivity index is 1.20. The van der Waals surface area contributed by atoms with Gasteiger partial charge in [0, 0.05) is 25.9 Å². The Hall–Kier alpha value is -3.32. The molecule has 0 unspecified atom stereocenters. The second-order valence-corrected chi connectivity index (χ2v) is 13.5. The average Bonchev–Trinajstić information content (AvgIpc) is 2.98. The van der Waals surface area contributed by atoms with Gasteiger partial charge in [0.25, 0.3) is 0 Å². The summed E-state index contributed by atoms with van der Waals surface area (Å²) in [5.41, 5.74) is 0. The van der Waals surface area contributed by atoms with E-state index in [-0.39, 0.29) is 11.8 Å². The number of carbonyl (C=O) groups excluding carboxylic acids is 2. The first-order valence-electron chi connectivity index (χ1n) is 13.0. The predicted octanol–water partition coefficient (Wildman–Crippen LogP) is 4.26. The fraction of sp³-hybridized carbons (Fsp3) is 0.188. The zero-order chi connectivity index (χ0) is 26.4. The molecule has 0 aliphatic rings. The van der Waals surface area contributed by atoms with E-state index in [1.165, 1.54) is 21.2 Å². The van der Waals surface area contributed by atoms with Crippen molar-refractivity contribution >= 4 is 48.9 Å². The van der Waals surface area contributed by atoms with E-state index in [4.69, 9.17) is 0 Å². The van der Waals surface area contributed by atoms with E-state index in [0.29, 0.717) is 25.9 Å². The minimum Gasteiger partial charge on any atom is -0.354 e. The monoisotopic (exact) mass is 540 g/mol. The summed E-state index contributed by atoms with van der Waals surface area (Å²) in [6, 6.07) is 41.7. The maximum Gasteiger partial charge on any atom is 0.220 e. The SMILES string of the molecule is O=C(CCP(c1ccccc1)c1ccccc1)NCCNC(=O)CCP(c1ccccc1)c1ccccc1. The second kappa shape index (κ2) is 15.2. The highest BCUT2D eigenvalue weighted by Gasteiger charge is 2.16. The lowest BCUT2D eigenvalue weighted by Gasteiger charge is -2.19. The van der Waals surface area contributed by atoms with Gasteiger partial charge in [0.1, 0.15) is 0 Å². The number of hydrogen-bond acceptors (Lipinski definition) is 2. The van der Waals surface area contributed by atoms with Crippen molar-refractivity contribution in [1.82, 2.24) is 10.6 Å². The molecule has 0 atom stereocenters. The minimum atomic E-state index is -0.591. The molecule has 2 amide bonds. The van der Waals surface area contributed by atoms with Crippen molar-refractivity contribution in [3.8, 4) is 0 Å². The van der Waals surface area contributed by atoms with Crippen molar-refractivity contribution in [3.63, 3.8) is 0 Å². The van der Waals surface area contributed by atoms with E-state index >= 15 is 0 Å². The fourth-order valence-electron chi connectivity index (χ4n) is 4.25. The van der Waals surface area contributed by atoms with Gasteiger partial charge in [-0.1, -0.05) is 121 Å². The fourth-order valence-corrected chi connectivity index (χ4v) is 8.86. The Morgan fingerprint density at radius 2 is 0.711 bits per heavy atom. The third-order valence-corrected chi connectivity index (χ3v) is 11.2. The van der Waals surface area contributed by atoms with E-state index in [1.807, 2.05) is 24.3 Å². The number of rotatable bonds is 13. The normalized spacial score (nSPS) is 10.9. The lowest BCUT2D eigenvalue weighted by atomic mass is 10.4. The standard InChI is InChI=1S/C32H34N2O2P2/c35-31(21-25-37(27-13-5-1-6-14-27)28-15-7-2-8-16-28)33-23-24-34-32(36)22-26-38(29-17-9-3-10-18-29)30-19-11-4-12-20-30/h1-20H,21-26H2,(H,33,35)(H,34,36). The molecule has 0 saturated heterocycles. The van der Waals surface area contributed by atoms with Gasteiger partial charge in [-0.3, -0.25) is 9.59 Å². The van der Waals surface area contributed by atoms with Crippen molar-refractivity contribution in [2.45, 2.75) is 12.8 Å². The summed E-state index contributed by atoms with van der Waals surface area (Å²) < 4.78 is 0. The molecule has 0 aliphatic carbocycles. The van der Waals surface area contributed by atoms with Gasteiger partial charge in [0.05, 0.1) is 0 Å². The summed E-state index contributed by atoms with van der Waals surface area (Å²) in [5.74, 6) is 0.0468. The van der Waals surface area contributed by atoms with Gasteiger partial charge in [-0.15, -0.1) is 0 Å². The molecule has 194 valence electrons. The third kappa shape index (κ3) is 8.62. The number of hydrogen-bond donors (Lipinski definition) is 2. The molecule has 0 aliphatic heterocycles. The van der Waals surface area contributed by atoms with Crippen LogP contribution in [0.5, 0.6) is 0 Å². The van der Waals surface area contributed by atoms with Crippen molar-refractivity contribution in [3.05, 3.63) is 121 Å². The number of carbonyl (C=O) groups is 2. The lowest BCUT2D eigenvalue weighted by molar-refractivity contribution is -0.122. The first-order chi connectivity index (χ1) is 18.7. The Morgan fingerprint density at radius 1 is 0.447 bits per heavy atom. The maximum absolute atomic E-state index is 12.6. The Kier molecular flexibility index (Phi) is 11.1. The molecular formula is C32H34N2O2P2. The summed E-state index contributed by atoms with van der Waals surface area (Å²) >= 11 is 0. The van der Waals surface area contributed by atoms with Gasteiger partial charge in [-0.2, -0.15) is 0 Å². The lowest BCUT2D eigenvalue weighted by Crippen LogP contribution is -2.35. The van der Waals surface area contributed by atoms with Gasteiger partial charge >= 0.3 is 0 Å². The Morgan fingerprint density at radius 3 is 0.974 bits per heavy atom. The van der Waals surface area contributed by atoms with Crippen LogP contribution in [-0.4, -0.2) is 37.2 Å². The van der Waals surface area contributed by atoms with Gasteiger partial charge in [-0.05, 0) is 49.4 Å². The summed E-state index contributed by atoms with van der Waals surface area (Å²) in [6.07, 6.45) is 2.51. The van der Waals surface area contributed by atoms with Crippen LogP contribution >= 0.6 is 15.8 Å². The van der Waals surface area contributed by atoms with E-state index in [1.54, 1.807) is 0 Å². The average molecular weight is 541 g/mol. The van der Waals surface area contributed by atoms with Crippen LogP contribution in [0.2, 0.25) is 0 Å². The molecule has 0 heterocycles. The summed E-state index contributed by atoms with van der Waals surface area (Å²) in [4.78, 5) is 25.1. The summed E-state index contributed by atoms with van der Waals surface area (Å²) in [6.45, 7) is 0.872. The van der Waals surface area contributed by atoms with E-state index in [0.717, 1.165) is 12.3 Å². The van der Waals surface area contributed by atoms with Crippen LogP contribution in [0.4, 0.5) is 0 Å². The number of amides is 2. The van der Waals surface area contributed by atoms with Gasteiger partial charge in [-0.25, -0.2) is 0 Å². The van der Waals surface area contributed by atoms with Crippen LogP contribution in [0.1, 0.15) is 12.8 Å². The molecule has 6 heteroatoms. The van der Waals surface area contributed by atoms with Crippen molar-refractivity contribution < 1.29 is 9.59 Å². The Bertz CT molecular complexity index is 1080. The number of benzene rings is 4. The van der Waals surface area contributed by atoms with Crippen LogP contribution in [0.15, 0.2) is 121 Å². The zero-order valence-electron chi connectivity index (χ0n) is 21.5. The summed E-state index contributed by atoms with van der Waals surface area (Å²) in [7, 11) is -1.18. The molecule has 0 bridgehead atoms.